The van der Waals surface area contributed by atoms with Crippen molar-refractivity contribution in [1.29, 1.82) is 0 Å². The van der Waals surface area contributed by atoms with Gasteiger partial charge in [-0.1, -0.05) is 0 Å². The lowest BCUT2D eigenvalue weighted by Gasteiger charge is -2.32. The second-order valence-corrected chi connectivity index (χ2v) is 9.00. The highest BCUT2D eigenvalue weighted by Crippen LogP contribution is 2.22. The maximum atomic E-state index is 12.5. The Kier molecular flexibility index (Phi) is 4.29. The lowest BCUT2D eigenvalue weighted by atomic mass is 10.2. The predicted molar refractivity (Wildman–Crippen MR) is 80.8 cm³/mol. The molecular formula is C12H19N3O4S2. The molecule has 0 atom stereocenters. The molecule has 1 aromatic carbocycles. The van der Waals surface area contributed by atoms with Gasteiger partial charge in [0.25, 0.3) is 0 Å². The summed E-state index contributed by atoms with van der Waals surface area (Å²) in [7, 11) is -6.89. The highest BCUT2D eigenvalue weighted by molar-refractivity contribution is 7.89. The second kappa shape index (κ2) is 5.56. The summed E-state index contributed by atoms with van der Waals surface area (Å²) in [5.41, 5.74) is 6.93. The minimum absolute atomic E-state index is 0.152. The number of anilines is 1. The molecule has 0 radical (unpaired) electrons. The molecule has 2 rings (SSSR count). The van der Waals surface area contributed by atoms with Gasteiger partial charge in [-0.05, 0) is 30.7 Å². The van der Waals surface area contributed by atoms with Crippen molar-refractivity contribution < 1.29 is 16.8 Å². The van der Waals surface area contributed by atoms with E-state index in [0.29, 0.717) is 11.3 Å². The van der Waals surface area contributed by atoms with E-state index in [2.05, 4.69) is 0 Å². The molecular weight excluding hydrogens is 314 g/mol. The first kappa shape index (κ1) is 16.2. The highest BCUT2D eigenvalue weighted by Gasteiger charge is 2.31. The molecule has 0 saturated carbocycles. The van der Waals surface area contributed by atoms with E-state index in [4.69, 9.17) is 5.73 Å². The second-order valence-electron chi connectivity index (χ2n) is 5.08. The first-order valence-electron chi connectivity index (χ1n) is 6.44. The maximum Gasteiger partial charge on any atom is 0.243 e. The molecule has 0 aliphatic carbocycles. The Morgan fingerprint density at radius 3 is 2.00 bits per heavy atom. The van der Waals surface area contributed by atoms with Gasteiger partial charge >= 0.3 is 0 Å². The Morgan fingerprint density at radius 2 is 1.52 bits per heavy atom. The topological polar surface area (TPSA) is 101 Å². The summed E-state index contributed by atoms with van der Waals surface area (Å²) in [5, 5.41) is 0. The van der Waals surface area contributed by atoms with Gasteiger partial charge in [0.1, 0.15) is 0 Å². The lowest BCUT2D eigenvalue weighted by Crippen LogP contribution is -2.50. The first-order chi connectivity index (χ1) is 9.62. The van der Waals surface area contributed by atoms with Gasteiger partial charge < -0.3 is 5.73 Å². The van der Waals surface area contributed by atoms with Crippen LogP contribution in [0.2, 0.25) is 0 Å². The van der Waals surface area contributed by atoms with Crippen molar-refractivity contribution in [1.82, 2.24) is 8.61 Å². The van der Waals surface area contributed by atoms with Crippen LogP contribution in [0.1, 0.15) is 5.56 Å². The molecule has 1 heterocycles. The quantitative estimate of drug-likeness (QED) is 0.775. The van der Waals surface area contributed by atoms with Crippen LogP contribution in [-0.2, 0) is 20.0 Å². The van der Waals surface area contributed by atoms with E-state index in [1.807, 2.05) is 0 Å². The van der Waals surface area contributed by atoms with Crippen molar-refractivity contribution in [3.63, 3.8) is 0 Å². The third-order valence-corrected chi connectivity index (χ3v) is 6.74. The number of hydrogen-bond donors (Lipinski definition) is 1. The van der Waals surface area contributed by atoms with Gasteiger partial charge in [-0.15, -0.1) is 0 Å². The van der Waals surface area contributed by atoms with Crippen LogP contribution < -0.4 is 5.73 Å². The summed E-state index contributed by atoms with van der Waals surface area (Å²) in [6, 6.07) is 4.57. The molecule has 1 fully saturated rings. The van der Waals surface area contributed by atoms with Crippen molar-refractivity contribution in [2.75, 3.05) is 38.2 Å². The van der Waals surface area contributed by atoms with Crippen LogP contribution in [0.25, 0.3) is 0 Å². The largest absolute Gasteiger partial charge is 0.399 e. The van der Waals surface area contributed by atoms with E-state index in [1.165, 1.54) is 20.7 Å². The van der Waals surface area contributed by atoms with E-state index in [-0.39, 0.29) is 31.1 Å². The SMILES string of the molecule is Cc1cc(S(=O)(=O)N2CCN(S(C)(=O)=O)CC2)ccc1N. The number of piperazine rings is 1. The Morgan fingerprint density at radius 1 is 1.00 bits per heavy atom. The molecule has 1 aliphatic rings. The van der Waals surface area contributed by atoms with Gasteiger partial charge in [-0.2, -0.15) is 8.61 Å². The van der Waals surface area contributed by atoms with Gasteiger partial charge in [-0.25, -0.2) is 16.8 Å². The fourth-order valence-electron chi connectivity index (χ4n) is 2.20. The van der Waals surface area contributed by atoms with Crippen LogP contribution in [0.5, 0.6) is 0 Å². The number of benzene rings is 1. The van der Waals surface area contributed by atoms with Crippen molar-refractivity contribution in [3.8, 4) is 0 Å². The normalized spacial score (nSPS) is 18.8. The average Bonchev–Trinajstić information content (AvgIpc) is 2.41. The highest BCUT2D eigenvalue weighted by atomic mass is 32.2. The monoisotopic (exact) mass is 333 g/mol. The molecule has 118 valence electrons. The molecule has 9 heteroatoms. The van der Waals surface area contributed by atoms with Crippen LogP contribution in [0.15, 0.2) is 23.1 Å². The Bertz CT molecular complexity index is 736. The van der Waals surface area contributed by atoms with Crippen LogP contribution in [-0.4, -0.2) is 57.9 Å². The molecule has 0 amide bonds. The standard InChI is InChI=1S/C12H19N3O4S2/c1-10-9-11(3-4-12(10)13)21(18,19)15-7-5-14(6-8-15)20(2,16)17/h3-4,9H,5-8,13H2,1-2H3. The first-order valence-corrected chi connectivity index (χ1v) is 9.72. The van der Waals surface area contributed by atoms with Crippen LogP contribution >= 0.6 is 0 Å². The van der Waals surface area contributed by atoms with Crippen molar-refractivity contribution in [2.45, 2.75) is 11.8 Å². The number of nitrogen functional groups attached to an aromatic ring is 1. The van der Waals surface area contributed by atoms with E-state index in [0.717, 1.165) is 6.26 Å². The molecule has 1 aliphatic heterocycles. The molecule has 0 unspecified atom stereocenters. The number of aryl methyl sites for hydroxylation is 1. The Hall–Kier alpha value is -1.16. The third-order valence-electron chi connectivity index (χ3n) is 3.55. The summed E-state index contributed by atoms with van der Waals surface area (Å²) < 4.78 is 50.5. The number of rotatable bonds is 3. The minimum Gasteiger partial charge on any atom is -0.399 e. The summed E-state index contributed by atoms with van der Waals surface area (Å²) in [4.78, 5) is 0.182. The fourth-order valence-corrected chi connectivity index (χ4v) is 4.53. The number of sulfonamides is 2. The van der Waals surface area contributed by atoms with Gasteiger partial charge in [0.05, 0.1) is 11.2 Å². The average molecular weight is 333 g/mol. The van der Waals surface area contributed by atoms with Crippen molar-refractivity contribution >= 4 is 25.7 Å². The predicted octanol–water partition coefficient (Wildman–Crippen LogP) is -0.157. The van der Waals surface area contributed by atoms with Gasteiger partial charge in [-0.3, -0.25) is 0 Å². The Labute approximate surface area is 125 Å². The van der Waals surface area contributed by atoms with E-state index >= 15 is 0 Å². The van der Waals surface area contributed by atoms with Crippen LogP contribution in [0.4, 0.5) is 5.69 Å². The molecule has 21 heavy (non-hydrogen) atoms. The van der Waals surface area contributed by atoms with Crippen LogP contribution in [0, 0.1) is 6.92 Å². The molecule has 2 N–H and O–H groups in total. The van der Waals surface area contributed by atoms with Crippen LogP contribution in [0.3, 0.4) is 0 Å². The van der Waals surface area contributed by atoms with E-state index in [1.54, 1.807) is 13.0 Å². The fraction of sp³-hybridized carbons (Fsp3) is 0.500. The molecule has 0 spiro atoms. The van der Waals surface area contributed by atoms with Crippen molar-refractivity contribution in [2.24, 2.45) is 0 Å². The number of nitrogens with two attached hydrogens (primary N) is 1. The smallest absolute Gasteiger partial charge is 0.243 e. The van der Waals surface area contributed by atoms with Crippen molar-refractivity contribution in [3.05, 3.63) is 23.8 Å². The van der Waals surface area contributed by atoms with E-state index in [9.17, 15) is 16.8 Å². The third kappa shape index (κ3) is 3.37. The lowest BCUT2D eigenvalue weighted by molar-refractivity contribution is 0.274. The summed E-state index contributed by atoms with van der Waals surface area (Å²) in [5.74, 6) is 0. The van der Waals surface area contributed by atoms with Gasteiger partial charge in [0, 0.05) is 31.9 Å². The van der Waals surface area contributed by atoms with Gasteiger partial charge in [0.2, 0.25) is 20.0 Å². The molecule has 1 aromatic rings. The van der Waals surface area contributed by atoms with E-state index < -0.39 is 20.0 Å². The summed E-state index contributed by atoms with van der Waals surface area (Å²) >= 11 is 0. The zero-order chi connectivity index (χ0) is 15.8. The number of hydrogen-bond acceptors (Lipinski definition) is 5. The molecule has 0 bridgehead atoms. The number of nitrogens with zero attached hydrogens (tertiary/aromatic N) is 2. The molecule has 7 nitrogen and oxygen atoms in total. The Balaban J connectivity index is 2.20. The zero-order valence-corrected chi connectivity index (χ0v) is 13.6. The zero-order valence-electron chi connectivity index (χ0n) is 12.0. The minimum atomic E-state index is -3.61. The van der Waals surface area contributed by atoms with Gasteiger partial charge in [0.15, 0.2) is 0 Å². The summed E-state index contributed by atoms with van der Waals surface area (Å²) in [6.45, 7) is 2.39. The summed E-state index contributed by atoms with van der Waals surface area (Å²) in [6.07, 6.45) is 1.13. The molecule has 1 saturated heterocycles. The molecule has 0 aromatic heterocycles. The maximum absolute atomic E-state index is 12.5.